The van der Waals surface area contributed by atoms with Gasteiger partial charge in [0.05, 0.1) is 6.61 Å². The van der Waals surface area contributed by atoms with Gasteiger partial charge >= 0.3 is 0 Å². The summed E-state index contributed by atoms with van der Waals surface area (Å²) in [6.45, 7) is 6.01. The zero-order valence-corrected chi connectivity index (χ0v) is 11.6. The minimum Gasteiger partial charge on any atom is -0.383 e. The average Bonchev–Trinajstić information content (AvgIpc) is 2.34. The van der Waals surface area contributed by atoms with Crippen molar-refractivity contribution >= 4 is 17.3 Å². The number of ether oxygens (including phenoxy) is 1. The van der Waals surface area contributed by atoms with Crippen molar-refractivity contribution in [2.75, 3.05) is 25.2 Å². The Morgan fingerprint density at radius 1 is 1.41 bits per heavy atom. The summed E-state index contributed by atoms with van der Waals surface area (Å²) < 4.78 is 5.17. The van der Waals surface area contributed by atoms with Gasteiger partial charge in [0, 0.05) is 31.6 Å². The van der Waals surface area contributed by atoms with Gasteiger partial charge < -0.3 is 9.64 Å². The van der Waals surface area contributed by atoms with Crippen LogP contribution in [0, 0.1) is 0 Å². The largest absolute Gasteiger partial charge is 0.383 e. The van der Waals surface area contributed by atoms with Gasteiger partial charge in [-0.15, -0.1) is 0 Å². The predicted octanol–water partition coefficient (Wildman–Crippen LogP) is 3.38. The van der Waals surface area contributed by atoms with Crippen molar-refractivity contribution in [3.8, 4) is 0 Å². The molecule has 0 spiro atoms. The second-order valence-corrected chi connectivity index (χ2v) is 4.38. The van der Waals surface area contributed by atoms with Crippen molar-refractivity contribution in [3.63, 3.8) is 0 Å². The van der Waals surface area contributed by atoms with Crippen LogP contribution in [0.4, 0.5) is 5.69 Å². The first-order valence-electron chi connectivity index (χ1n) is 6.10. The average molecular weight is 257 g/mol. The molecule has 0 saturated heterocycles. The molecule has 0 bridgehead atoms. The van der Waals surface area contributed by atoms with Gasteiger partial charge in [0.1, 0.15) is 5.15 Å². The zero-order valence-electron chi connectivity index (χ0n) is 10.8. The molecule has 17 heavy (non-hydrogen) atoms. The fourth-order valence-electron chi connectivity index (χ4n) is 2.01. The van der Waals surface area contributed by atoms with E-state index in [0.717, 1.165) is 31.7 Å². The number of hydrogen-bond donors (Lipinski definition) is 0. The molecule has 0 amide bonds. The number of aromatic nitrogens is 1. The molecule has 0 atom stereocenters. The monoisotopic (exact) mass is 256 g/mol. The third kappa shape index (κ3) is 4.17. The number of halogens is 1. The summed E-state index contributed by atoms with van der Waals surface area (Å²) in [5, 5.41) is 0.538. The molecule has 0 radical (unpaired) electrons. The van der Waals surface area contributed by atoms with Gasteiger partial charge in [-0.05, 0) is 25.0 Å². The molecular formula is C13H21ClN2O. The Kier molecular flexibility index (Phi) is 6.30. The Bertz CT molecular complexity index is 329. The van der Waals surface area contributed by atoms with Crippen molar-refractivity contribution in [3.05, 3.63) is 23.5 Å². The van der Waals surface area contributed by atoms with E-state index in [-0.39, 0.29) is 0 Å². The first kappa shape index (κ1) is 14.3. The van der Waals surface area contributed by atoms with Gasteiger partial charge in [0.15, 0.2) is 0 Å². The van der Waals surface area contributed by atoms with Crippen molar-refractivity contribution in [2.45, 2.75) is 32.7 Å². The lowest BCUT2D eigenvalue weighted by atomic mass is 10.1. The van der Waals surface area contributed by atoms with Gasteiger partial charge in [0.25, 0.3) is 0 Å². The topological polar surface area (TPSA) is 25.4 Å². The van der Waals surface area contributed by atoms with E-state index >= 15 is 0 Å². The molecule has 0 N–H and O–H groups in total. The third-order valence-electron chi connectivity index (χ3n) is 2.96. The summed E-state index contributed by atoms with van der Waals surface area (Å²) in [6, 6.07) is 4.43. The number of methoxy groups -OCH3 is 1. The van der Waals surface area contributed by atoms with Crippen LogP contribution in [0.5, 0.6) is 0 Å². The molecule has 3 nitrogen and oxygen atoms in total. The van der Waals surface area contributed by atoms with Gasteiger partial charge in [-0.25, -0.2) is 4.98 Å². The Balaban J connectivity index is 2.88. The summed E-state index contributed by atoms with van der Waals surface area (Å²) in [5.74, 6) is 0. The highest BCUT2D eigenvalue weighted by atomic mass is 35.5. The standard InChI is InChI=1S/C13H21ClN2O/c1-4-11(5-2)16(8-9-17-3)12-6-7-15-13(14)10-12/h6-7,10-11H,4-5,8-9H2,1-3H3. The van der Waals surface area contributed by atoms with E-state index in [1.165, 1.54) is 0 Å². The molecule has 0 aliphatic carbocycles. The molecule has 96 valence electrons. The summed E-state index contributed by atoms with van der Waals surface area (Å²) in [6.07, 6.45) is 3.97. The summed E-state index contributed by atoms with van der Waals surface area (Å²) in [7, 11) is 1.73. The van der Waals surface area contributed by atoms with Crippen LogP contribution in [0.3, 0.4) is 0 Å². The second-order valence-electron chi connectivity index (χ2n) is 3.99. The highest BCUT2D eigenvalue weighted by Crippen LogP contribution is 2.22. The van der Waals surface area contributed by atoms with Gasteiger partial charge in [0.2, 0.25) is 0 Å². The van der Waals surface area contributed by atoms with Crippen LogP contribution >= 0.6 is 11.6 Å². The fraction of sp³-hybridized carbons (Fsp3) is 0.615. The van der Waals surface area contributed by atoms with Crippen molar-refractivity contribution in [2.24, 2.45) is 0 Å². The van der Waals surface area contributed by atoms with Gasteiger partial charge in [-0.1, -0.05) is 25.4 Å². The quantitative estimate of drug-likeness (QED) is 0.700. The van der Waals surface area contributed by atoms with E-state index in [1.54, 1.807) is 13.3 Å². The first-order valence-corrected chi connectivity index (χ1v) is 6.47. The third-order valence-corrected chi connectivity index (χ3v) is 3.17. The SMILES string of the molecule is CCC(CC)N(CCOC)c1ccnc(Cl)c1. The number of anilines is 1. The maximum Gasteiger partial charge on any atom is 0.131 e. The van der Waals surface area contributed by atoms with Crippen LogP contribution in [-0.4, -0.2) is 31.3 Å². The Hall–Kier alpha value is -0.800. The minimum absolute atomic E-state index is 0.517. The molecule has 1 heterocycles. The van der Waals surface area contributed by atoms with Crippen LogP contribution in [0.2, 0.25) is 5.15 Å². The number of rotatable bonds is 7. The van der Waals surface area contributed by atoms with E-state index in [9.17, 15) is 0 Å². The maximum absolute atomic E-state index is 5.94. The minimum atomic E-state index is 0.517. The lowest BCUT2D eigenvalue weighted by Crippen LogP contribution is -2.37. The van der Waals surface area contributed by atoms with Crippen LogP contribution < -0.4 is 4.90 Å². The smallest absolute Gasteiger partial charge is 0.131 e. The van der Waals surface area contributed by atoms with Crippen LogP contribution in [0.1, 0.15) is 26.7 Å². The van der Waals surface area contributed by atoms with Crippen LogP contribution in [-0.2, 0) is 4.74 Å². The van der Waals surface area contributed by atoms with E-state index in [4.69, 9.17) is 16.3 Å². The van der Waals surface area contributed by atoms with Crippen molar-refractivity contribution in [1.82, 2.24) is 4.98 Å². The summed E-state index contributed by atoms with van der Waals surface area (Å²) >= 11 is 5.94. The Morgan fingerprint density at radius 2 is 2.12 bits per heavy atom. The predicted molar refractivity (Wildman–Crippen MR) is 72.8 cm³/mol. The number of nitrogens with zero attached hydrogens (tertiary/aromatic N) is 2. The molecule has 0 saturated carbocycles. The molecule has 0 fully saturated rings. The molecule has 4 heteroatoms. The molecule has 0 unspecified atom stereocenters. The zero-order chi connectivity index (χ0) is 12.7. The highest BCUT2D eigenvalue weighted by Gasteiger charge is 2.15. The van der Waals surface area contributed by atoms with Crippen LogP contribution in [0.25, 0.3) is 0 Å². The van der Waals surface area contributed by atoms with Crippen LogP contribution in [0.15, 0.2) is 18.3 Å². The van der Waals surface area contributed by atoms with E-state index in [2.05, 4.69) is 23.7 Å². The lowest BCUT2D eigenvalue weighted by molar-refractivity contribution is 0.202. The number of pyridine rings is 1. The molecular weight excluding hydrogens is 236 g/mol. The highest BCUT2D eigenvalue weighted by molar-refractivity contribution is 6.29. The molecule has 0 aliphatic rings. The Morgan fingerprint density at radius 3 is 2.65 bits per heavy atom. The van der Waals surface area contributed by atoms with Crippen molar-refractivity contribution < 1.29 is 4.74 Å². The second kappa shape index (κ2) is 7.51. The molecule has 1 aromatic heterocycles. The Labute approximate surface area is 109 Å². The fourth-order valence-corrected chi connectivity index (χ4v) is 2.18. The molecule has 1 aromatic rings. The first-order chi connectivity index (χ1) is 8.22. The van der Waals surface area contributed by atoms with Crippen molar-refractivity contribution in [1.29, 1.82) is 0 Å². The molecule has 0 aromatic carbocycles. The maximum atomic E-state index is 5.94. The van der Waals surface area contributed by atoms with Gasteiger partial charge in [-0.2, -0.15) is 0 Å². The number of hydrogen-bond acceptors (Lipinski definition) is 3. The van der Waals surface area contributed by atoms with E-state index < -0.39 is 0 Å². The molecule has 1 rings (SSSR count). The summed E-state index contributed by atoms with van der Waals surface area (Å²) in [5.41, 5.74) is 1.12. The lowest BCUT2D eigenvalue weighted by Gasteiger charge is -2.32. The van der Waals surface area contributed by atoms with Gasteiger partial charge in [-0.3, -0.25) is 0 Å². The summed E-state index contributed by atoms with van der Waals surface area (Å²) in [4.78, 5) is 6.37. The van der Waals surface area contributed by atoms with E-state index in [1.807, 2.05) is 12.1 Å². The molecule has 0 aliphatic heterocycles. The normalized spacial score (nSPS) is 10.9. The van der Waals surface area contributed by atoms with E-state index in [0.29, 0.717) is 11.2 Å².